The molecule has 1 aromatic carbocycles. The van der Waals surface area contributed by atoms with Gasteiger partial charge in [0.15, 0.2) is 0 Å². The number of esters is 1. The van der Waals surface area contributed by atoms with Crippen LogP contribution in [-0.2, 0) is 16.1 Å². The average Bonchev–Trinajstić information content (AvgIpc) is 3.35. The molecule has 1 aliphatic carbocycles. The lowest BCUT2D eigenvalue weighted by Crippen LogP contribution is -2.15. The molecule has 0 spiro atoms. The van der Waals surface area contributed by atoms with Gasteiger partial charge in [0.1, 0.15) is 6.54 Å². The number of benzene rings is 1. The van der Waals surface area contributed by atoms with Gasteiger partial charge in [-0.25, -0.2) is 4.79 Å². The Morgan fingerprint density at radius 2 is 2.00 bits per heavy atom. The molecule has 1 fully saturated rings. The minimum absolute atomic E-state index is 0.0284. The van der Waals surface area contributed by atoms with Crippen molar-refractivity contribution in [2.75, 3.05) is 6.61 Å². The molecule has 0 amide bonds. The van der Waals surface area contributed by atoms with Crippen molar-refractivity contribution >= 4 is 22.8 Å². The van der Waals surface area contributed by atoms with Crippen LogP contribution in [0.3, 0.4) is 0 Å². The van der Waals surface area contributed by atoms with E-state index in [0.717, 1.165) is 35.0 Å². The number of carboxylic acid groups (broad SMARTS) is 1. The molecule has 0 unspecified atom stereocenters. The Morgan fingerprint density at radius 1 is 1.21 bits per heavy atom. The summed E-state index contributed by atoms with van der Waals surface area (Å²) in [5.74, 6) is -0.958. The molecule has 1 aliphatic rings. The van der Waals surface area contributed by atoms with E-state index in [-0.39, 0.29) is 18.1 Å². The Labute approximate surface area is 169 Å². The molecule has 0 bridgehead atoms. The Bertz CT molecular complexity index is 1030. The first kappa shape index (κ1) is 19.3. The first-order valence-corrected chi connectivity index (χ1v) is 10.2. The smallest absolute Gasteiger partial charge is 0.335 e. The van der Waals surface area contributed by atoms with E-state index in [2.05, 4.69) is 0 Å². The third kappa shape index (κ3) is 3.67. The fourth-order valence-electron chi connectivity index (χ4n) is 4.52. The number of nitrogens with zero attached hydrogens (tertiary/aromatic N) is 1. The lowest BCUT2D eigenvalue weighted by molar-refractivity contribution is -0.143. The van der Waals surface area contributed by atoms with Crippen LogP contribution in [0.15, 0.2) is 41.2 Å². The number of carboxylic acids is 1. The van der Waals surface area contributed by atoms with Crippen molar-refractivity contribution in [2.24, 2.45) is 0 Å². The standard InChI is InChI=1S/C23H25NO5/c1-2-29-20(25)13-24-19-12-16(23(26)27)8-9-18(19)21(15-6-4-3-5-7-15)22(24)17-10-11-28-14-17/h8-12,14-15H,2-7,13H2,1H3,(H,26,27). The van der Waals surface area contributed by atoms with Crippen molar-refractivity contribution in [3.63, 3.8) is 0 Å². The maximum Gasteiger partial charge on any atom is 0.335 e. The molecule has 0 radical (unpaired) electrons. The number of hydrogen-bond donors (Lipinski definition) is 1. The molecule has 1 N–H and O–H groups in total. The summed E-state index contributed by atoms with van der Waals surface area (Å²) in [7, 11) is 0. The Hall–Kier alpha value is -3.02. The maximum absolute atomic E-state index is 12.4. The van der Waals surface area contributed by atoms with E-state index in [4.69, 9.17) is 9.15 Å². The highest BCUT2D eigenvalue weighted by Gasteiger charge is 2.28. The Kier molecular flexibility index (Phi) is 5.43. The molecule has 0 atom stereocenters. The van der Waals surface area contributed by atoms with E-state index < -0.39 is 5.97 Å². The molecule has 2 aromatic heterocycles. The van der Waals surface area contributed by atoms with Crippen LogP contribution in [0.1, 0.15) is 60.9 Å². The van der Waals surface area contributed by atoms with Gasteiger partial charge < -0.3 is 18.8 Å². The largest absolute Gasteiger partial charge is 0.478 e. The van der Waals surface area contributed by atoms with Crippen molar-refractivity contribution in [2.45, 2.75) is 51.5 Å². The third-order valence-electron chi connectivity index (χ3n) is 5.75. The van der Waals surface area contributed by atoms with Crippen LogP contribution in [0, 0.1) is 0 Å². The molecule has 0 aliphatic heterocycles. The van der Waals surface area contributed by atoms with Crippen molar-refractivity contribution in [1.82, 2.24) is 4.57 Å². The summed E-state index contributed by atoms with van der Waals surface area (Å²) in [6.07, 6.45) is 9.06. The van der Waals surface area contributed by atoms with Crippen molar-refractivity contribution in [1.29, 1.82) is 0 Å². The molecular weight excluding hydrogens is 370 g/mol. The summed E-state index contributed by atoms with van der Waals surface area (Å²) in [5.41, 5.74) is 3.95. The fourth-order valence-corrected chi connectivity index (χ4v) is 4.52. The Balaban J connectivity index is 1.98. The van der Waals surface area contributed by atoms with E-state index in [1.807, 2.05) is 16.7 Å². The molecule has 1 saturated carbocycles. The third-order valence-corrected chi connectivity index (χ3v) is 5.75. The molecule has 29 heavy (non-hydrogen) atoms. The summed E-state index contributed by atoms with van der Waals surface area (Å²) in [5, 5.41) is 10.5. The van der Waals surface area contributed by atoms with Crippen LogP contribution >= 0.6 is 0 Å². The van der Waals surface area contributed by atoms with E-state index in [1.54, 1.807) is 31.6 Å². The van der Waals surface area contributed by atoms with Crippen LogP contribution in [-0.4, -0.2) is 28.2 Å². The van der Waals surface area contributed by atoms with Gasteiger partial charge in [-0.05, 0) is 49.4 Å². The van der Waals surface area contributed by atoms with Crippen LogP contribution in [0.2, 0.25) is 0 Å². The molecule has 0 saturated heterocycles. The lowest BCUT2D eigenvalue weighted by atomic mass is 9.82. The van der Waals surface area contributed by atoms with Gasteiger partial charge >= 0.3 is 11.9 Å². The first-order valence-electron chi connectivity index (χ1n) is 10.2. The predicted octanol–water partition coefficient (Wildman–Crippen LogP) is 5.21. The summed E-state index contributed by atoms with van der Waals surface area (Å²) >= 11 is 0. The number of aromatic nitrogens is 1. The number of hydrogen-bond acceptors (Lipinski definition) is 4. The van der Waals surface area contributed by atoms with Crippen molar-refractivity contribution < 1.29 is 23.8 Å². The van der Waals surface area contributed by atoms with Crippen molar-refractivity contribution in [3.8, 4) is 11.3 Å². The first-order chi connectivity index (χ1) is 14.1. The summed E-state index contributed by atoms with van der Waals surface area (Å²) in [6.45, 7) is 2.11. The molecule has 6 nitrogen and oxygen atoms in total. The van der Waals surface area contributed by atoms with Gasteiger partial charge in [0.2, 0.25) is 0 Å². The topological polar surface area (TPSA) is 81.7 Å². The second-order valence-corrected chi connectivity index (χ2v) is 7.54. The number of aromatic carboxylic acids is 1. The molecule has 6 heteroatoms. The van der Waals surface area contributed by atoms with E-state index >= 15 is 0 Å². The minimum Gasteiger partial charge on any atom is -0.478 e. The zero-order valence-corrected chi connectivity index (χ0v) is 16.5. The molecule has 2 heterocycles. The predicted molar refractivity (Wildman–Crippen MR) is 109 cm³/mol. The highest BCUT2D eigenvalue weighted by molar-refractivity contribution is 5.98. The molecule has 3 aromatic rings. The molecule has 4 rings (SSSR count). The fraction of sp³-hybridized carbons (Fsp3) is 0.391. The summed E-state index contributed by atoms with van der Waals surface area (Å²) < 4.78 is 12.5. The van der Waals surface area contributed by atoms with E-state index in [9.17, 15) is 14.7 Å². The summed E-state index contributed by atoms with van der Waals surface area (Å²) in [4.78, 5) is 24.0. The number of rotatable bonds is 6. The zero-order valence-electron chi connectivity index (χ0n) is 16.5. The molecule has 152 valence electrons. The normalized spacial score (nSPS) is 14.9. The number of furan rings is 1. The Morgan fingerprint density at radius 3 is 2.66 bits per heavy atom. The molecular formula is C23H25NO5. The highest BCUT2D eigenvalue weighted by atomic mass is 16.5. The number of carbonyl (C=O) groups is 2. The monoisotopic (exact) mass is 395 g/mol. The lowest BCUT2D eigenvalue weighted by Gasteiger charge is -2.23. The van der Waals surface area contributed by atoms with Crippen LogP contribution in [0.5, 0.6) is 0 Å². The SMILES string of the molecule is CCOC(=O)Cn1c(-c2ccoc2)c(C2CCCCC2)c2ccc(C(=O)O)cc21. The van der Waals surface area contributed by atoms with Gasteiger partial charge in [0, 0.05) is 10.9 Å². The minimum atomic E-state index is -0.986. The van der Waals surface area contributed by atoms with Crippen LogP contribution in [0.25, 0.3) is 22.2 Å². The summed E-state index contributed by atoms with van der Waals surface area (Å²) in [6, 6.07) is 7.08. The number of fused-ring (bicyclic) bond motifs is 1. The quantitative estimate of drug-likeness (QED) is 0.579. The van der Waals surface area contributed by atoms with Gasteiger partial charge in [-0.15, -0.1) is 0 Å². The van der Waals surface area contributed by atoms with Gasteiger partial charge in [0.05, 0.1) is 35.9 Å². The van der Waals surface area contributed by atoms with Crippen LogP contribution in [0.4, 0.5) is 0 Å². The van der Waals surface area contributed by atoms with E-state index in [0.29, 0.717) is 12.5 Å². The van der Waals surface area contributed by atoms with Gasteiger partial charge in [0.25, 0.3) is 0 Å². The second kappa shape index (κ2) is 8.15. The van der Waals surface area contributed by atoms with Crippen LogP contribution < -0.4 is 0 Å². The van der Waals surface area contributed by atoms with Crippen molar-refractivity contribution in [3.05, 3.63) is 47.9 Å². The average molecular weight is 395 g/mol. The second-order valence-electron chi connectivity index (χ2n) is 7.54. The highest BCUT2D eigenvalue weighted by Crippen LogP contribution is 2.44. The zero-order chi connectivity index (χ0) is 20.4. The number of ether oxygens (including phenoxy) is 1. The number of carbonyl (C=O) groups excluding carboxylic acids is 1. The van der Waals surface area contributed by atoms with Gasteiger partial charge in [-0.1, -0.05) is 25.3 Å². The maximum atomic E-state index is 12.4. The van der Waals surface area contributed by atoms with Gasteiger partial charge in [-0.3, -0.25) is 4.79 Å². The van der Waals surface area contributed by atoms with E-state index in [1.165, 1.54) is 24.8 Å². The van der Waals surface area contributed by atoms with Gasteiger partial charge in [-0.2, -0.15) is 0 Å².